The molecular formula is C24H34O16. The maximum absolute atomic E-state index is 11.9. The molecule has 2 heterocycles. The summed E-state index contributed by atoms with van der Waals surface area (Å²) >= 11 is 0. The van der Waals surface area contributed by atoms with E-state index in [0.717, 1.165) is 41.5 Å². The van der Waals surface area contributed by atoms with Crippen molar-refractivity contribution in [3.05, 3.63) is 0 Å². The van der Waals surface area contributed by atoms with E-state index < -0.39 is 104 Å². The zero-order chi connectivity index (χ0) is 30.3. The Hall–Kier alpha value is -3.34. The third-order valence-corrected chi connectivity index (χ3v) is 5.57. The number of aliphatic hydroxyl groups excluding tert-OH is 1. The molecule has 16 heteroatoms. The molecule has 1 N–H and O–H groups in total. The SMILES string of the molecule is CC(=O)O[C@@H]1[C@@H](OC(C)=O)[C@H](C)O[C@@H](OC[C@H]2OC(O)[C@H](OC(C)=O)[C@@H](OC(C)=O)[C@@H]2OC(C)=O)[C@@H]1OC(C)=O. The van der Waals surface area contributed by atoms with E-state index in [1.54, 1.807) is 0 Å². The quantitative estimate of drug-likeness (QED) is 0.259. The molecule has 0 aromatic rings. The molecule has 2 aliphatic rings. The second-order valence-electron chi connectivity index (χ2n) is 9.05. The monoisotopic (exact) mass is 578 g/mol. The number of aliphatic hydroxyl groups is 1. The van der Waals surface area contributed by atoms with Crippen LogP contribution in [0.4, 0.5) is 0 Å². The molecule has 2 saturated heterocycles. The Balaban J connectivity index is 2.38. The number of hydrogen-bond acceptors (Lipinski definition) is 16. The highest BCUT2D eigenvalue weighted by Crippen LogP contribution is 2.32. The molecule has 0 aromatic heterocycles. The molecule has 0 amide bonds. The lowest BCUT2D eigenvalue weighted by Gasteiger charge is -2.45. The Morgan fingerprint density at radius 2 is 0.925 bits per heavy atom. The molecule has 40 heavy (non-hydrogen) atoms. The van der Waals surface area contributed by atoms with Crippen LogP contribution in [0.2, 0.25) is 0 Å². The van der Waals surface area contributed by atoms with Gasteiger partial charge in [-0.3, -0.25) is 28.8 Å². The molecule has 0 bridgehead atoms. The molecule has 0 radical (unpaired) electrons. The standard InChI is InChI=1S/C24H34O16/c1-9-17(34-10(2)25)19(36-12(4)27)22(39-15(7)30)24(33-9)32-8-16-18(35-11(3)26)20(37-13(5)28)21(23(31)40-16)38-14(6)29/h9,16-24,31H,8H2,1-7H3/t9-,16+,17-,18+,19+,20-,21+,22+,23?,24+/m0/s1. The minimum absolute atomic E-state index is 0.542. The van der Waals surface area contributed by atoms with Gasteiger partial charge in [-0.05, 0) is 6.92 Å². The summed E-state index contributed by atoms with van der Waals surface area (Å²) in [6.45, 7) is 7.43. The second kappa shape index (κ2) is 14.3. The van der Waals surface area contributed by atoms with Gasteiger partial charge in [0.1, 0.15) is 6.10 Å². The summed E-state index contributed by atoms with van der Waals surface area (Å²) in [6.07, 6.45) is -14.0. The van der Waals surface area contributed by atoms with E-state index >= 15 is 0 Å². The Labute approximate surface area is 229 Å². The Kier molecular flexibility index (Phi) is 11.8. The highest BCUT2D eigenvalue weighted by Gasteiger charge is 2.54. The van der Waals surface area contributed by atoms with Crippen LogP contribution in [0.5, 0.6) is 0 Å². The maximum atomic E-state index is 11.9. The van der Waals surface area contributed by atoms with E-state index in [2.05, 4.69) is 0 Å². The molecule has 1 unspecified atom stereocenters. The molecule has 226 valence electrons. The minimum atomic E-state index is -1.84. The van der Waals surface area contributed by atoms with Crippen molar-refractivity contribution in [1.82, 2.24) is 0 Å². The number of ether oxygens (including phenoxy) is 9. The van der Waals surface area contributed by atoms with E-state index in [1.165, 1.54) is 6.92 Å². The molecule has 2 fully saturated rings. The number of esters is 6. The molecular weight excluding hydrogens is 544 g/mol. The summed E-state index contributed by atoms with van der Waals surface area (Å²) in [5, 5.41) is 10.5. The van der Waals surface area contributed by atoms with Gasteiger partial charge in [-0.1, -0.05) is 0 Å². The van der Waals surface area contributed by atoms with Gasteiger partial charge in [0.15, 0.2) is 49.2 Å². The van der Waals surface area contributed by atoms with Gasteiger partial charge in [0.05, 0.1) is 12.7 Å². The Bertz CT molecular complexity index is 889. The first kappa shape index (κ1) is 32.9. The third-order valence-electron chi connectivity index (χ3n) is 5.57. The summed E-state index contributed by atoms with van der Waals surface area (Å²) in [4.78, 5) is 70.7. The van der Waals surface area contributed by atoms with Crippen molar-refractivity contribution in [2.24, 2.45) is 0 Å². The summed E-state index contributed by atoms with van der Waals surface area (Å²) in [5.74, 6) is -4.81. The first-order chi connectivity index (χ1) is 18.6. The van der Waals surface area contributed by atoms with Gasteiger partial charge in [-0.15, -0.1) is 0 Å². The number of rotatable bonds is 9. The molecule has 10 atom stereocenters. The second-order valence-corrected chi connectivity index (χ2v) is 9.05. The smallest absolute Gasteiger partial charge is 0.303 e. The number of carbonyl (C=O) groups is 6. The summed E-state index contributed by atoms with van der Waals surface area (Å²) in [5.41, 5.74) is 0. The fraction of sp³-hybridized carbons (Fsp3) is 0.750. The van der Waals surface area contributed by atoms with Gasteiger partial charge >= 0.3 is 35.8 Å². The lowest BCUT2D eigenvalue weighted by Crippen LogP contribution is -2.64. The van der Waals surface area contributed by atoms with E-state index in [1.807, 2.05) is 0 Å². The van der Waals surface area contributed by atoms with Crippen molar-refractivity contribution in [2.75, 3.05) is 6.61 Å². The molecule has 2 aliphatic heterocycles. The van der Waals surface area contributed by atoms with Gasteiger partial charge in [-0.25, -0.2) is 0 Å². The van der Waals surface area contributed by atoms with Crippen LogP contribution in [0.15, 0.2) is 0 Å². The highest BCUT2D eigenvalue weighted by atomic mass is 16.7. The summed E-state index contributed by atoms with van der Waals surface area (Å²) in [7, 11) is 0. The molecule has 16 nitrogen and oxygen atoms in total. The van der Waals surface area contributed by atoms with Crippen LogP contribution >= 0.6 is 0 Å². The van der Waals surface area contributed by atoms with Crippen molar-refractivity contribution < 1.29 is 76.5 Å². The van der Waals surface area contributed by atoms with Gasteiger partial charge in [-0.2, -0.15) is 0 Å². The topological polar surface area (TPSA) is 206 Å². The van der Waals surface area contributed by atoms with Crippen LogP contribution in [0.3, 0.4) is 0 Å². The van der Waals surface area contributed by atoms with Crippen molar-refractivity contribution in [3.8, 4) is 0 Å². The molecule has 2 rings (SSSR count). The fourth-order valence-electron chi connectivity index (χ4n) is 4.30. The number of carbonyl (C=O) groups excluding carboxylic acids is 6. The summed E-state index contributed by atoms with van der Waals surface area (Å²) in [6, 6.07) is 0. The molecule has 0 aromatic carbocycles. The first-order valence-corrected chi connectivity index (χ1v) is 12.2. The van der Waals surface area contributed by atoms with Gasteiger partial charge in [0.2, 0.25) is 0 Å². The van der Waals surface area contributed by atoms with E-state index in [0.29, 0.717) is 0 Å². The highest BCUT2D eigenvalue weighted by molar-refractivity contribution is 5.69. The fourth-order valence-corrected chi connectivity index (χ4v) is 4.30. The number of hydrogen-bond donors (Lipinski definition) is 1. The van der Waals surface area contributed by atoms with Crippen molar-refractivity contribution in [3.63, 3.8) is 0 Å². The average Bonchev–Trinajstić information content (AvgIpc) is 2.79. The zero-order valence-electron chi connectivity index (χ0n) is 23.1. The van der Waals surface area contributed by atoms with Crippen LogP contribution in [0, 0.1) is 0 Å². The predicted molar refractivity (Wildman–Crippen MR) is 124 cm³/mol. The van der Waals surface area contributed by atoms with E-state index in [9.17, 15) is 33.9 Å². The predicted octanol–water partition coefficient (Wildman–Crippen LogP) is -0.945. The largest absolute Gasteiger partial charge is 0.456 e. The lowest BCUT2D eigenvalue weighted by molar-refractivity contribution is -0.326. The van der Waals surface area contributed by atoms with Crippen LogP contribution in [0.25, 0.3) is 0 Å². The average molecular weight is 579 g/mol. The van der Waals surface area contributed by atoms with Crippen LogP contribution in [0.1, 0.15) is 48.5 Å². The van der Waals surface area contributed by atoms with E-state index in [4.69, 9.17) is 42.6 Å². The summed E-state index contributed by atoms with van der Waals surface area (Å²) < 4.78 is 48.5. The minimum Gasteiger partial charge on any atom is -0.456 e. The van der Waals surface area contributed by atoms with Crippen molar-refractivity contribution in [2.45, 2.75) is 110 Å². The van der Waals surface area contributed by atoms with Gasteiger partial charge in [0.25, 0.3) is 0 Å². The maximum Gasteiger partial charge on any atom is 0.303 e. The first-order valence-electron chi connectivity index (χ1n) is 12.2. The zero-order valence-corrected chi connectivity index (χ0v) is 23.1. The van der Waals surface area contributed by atoms with Crippen LogP contribution in [-0.2, 0) is 71.4 Å². The van der Waals surface area contributed by atoms with E-state index in [-0.39, 0.29) is 0 Å². The Morgan fingerprint density at radius 1 is 0.550 bits per heavy atom. The third kappa shape index (κ3) is 9.11. The van der Waals surface area contributed by atoms with Gasteiger partial charge < -0.3 is 47.7 Å². The Morgan fingerprint density at radius 3 is 1.40 bits per heavy atom. The normalized spacial score (nSPS) is 33.6. The van der Waals surface area contributed by atoms with Crippen LogP contribution < -0.4 is 0 Å². The van der Waals surface area contributed by atoms with Crippen molar-refractivity contribution >= 4 is 35.8 Å². The molecule has 0 spiro atoms. The molecule has 0 aliphatic carbocycles. The van der Waals surface area contributed by atoms with Crippen LogP contribution in [-0.4, -0.2) is 109 Å². The van der Waals surface area contributed by atoms with Crippen molar-refractivity contribution in [1.29, 1.82) is 0 Å². The lowest BCUT2D eigenvalue weighted by atomic mass is 9.97. The molecule has 0 saturated carbocycles. The van der Waals surface area contributed by atoms with Gasteiger partial charge in [0, 0.05) is 41.5 Å².